The molecule has 0 unspecified atom stereocenters. The molecule has 2 aliphatic rings. The van der Waals surface area contributed by atoms with Crippen molar-refractivity contribution in [2.24, 2.45) is 0 Å². The van der Waals surface area contributed by atoms with Gasteiger partial charge in [0.15, 0.2) is 0 Å². The highest BCUT2D eigenvalue weighted by Crippen LogP contribution is 2.22. The van der Waals surface area contributed by atoms with E-state index in [4.69, 9.17) is 4.74 Å². The first-order valence-corrected chi connectivity index (χ1v) is 7.61. The van der Waals surface area contributed by atoms with Gasteiger partial charge in [-0.2, -0.15) is 0 Å². The maximum Gasteiger partial charge on any atom is 0.259 e. The van der Waals surface area contributed by atoms with Gasteiger partial charge in [0.2, 0.25) is 0 Å². The number of amides is 3. The lowest BCUT2D eigenvalue weighted by atomic mass is 10.0. The van der Waals surface area contributed by atoms with Crippen molar-refractivity contribution >= 4 is 17.7 Å². The molecule has 1 N–H and O–H groups in total. The van der Waals surface area contributed by atoms with Crippen LogP contribution in [0.15, 0.2) is 18.2 Å². The monoisotopic (exact) mass is 317 g/mol. The van der Waals surface area contributed by atoms with Crippen molar-refractivity contribution in [3.63, 3.8) is 0 Å². The van der Waals surface area contributed by atoms with Crippen molar-refractivity contribution < 1.29 is 19.1 Å². The number of methoxy groups -OCH3 is 1. The average molecular weight is 317 g/mol. The predicted molar refractivity (Wildman–Crippen MR) is 82.5 cm³/mol. The van der Waals surface area contributed by atoms with Gasteiger partial charge in [-0.1, -0.05) is 6.07 Å². The molecule has 0 spiro atoms. The molecule has 0 aromatic heterocycles. The van der Waals surface area contributed by atoms with E-state index < -0.39 is 11.8 Å². The number of ether oxygens (including phenoxy) is 1. The van der Waals surface area contributed by atoms with Crippen LogP contribution in [0.4, 0.5) is 0 Å². The number of piperazine rings is 1. The standard InChI is InChI=1S/C16H19N3O4/c1-23-10-9-18-5-7-19(8-6-18)16(22)12-4-2-3-11-13(12)15(21)17-14(11)20/h2-4H,5-10H2,1H3,(H,17,20,21). The number of hydrogen-bond acceptors (Lipinski definition) is 5. The Morgan fingerprint density at radius 1 is 1.17 bits per heavy atom. The molecular weight excluding hydrogens is 298 g/mol. The van der Waals surface area contributed by atoms with Gasteiger partial charge in [-0.3, -0.25) is 24.6 Å². The lowest BCUT2D eigenvalue weighted by molar-refractivity contribution is 0.0591. The van der Waals surface area contributed by atoms with E-state index >= 15 is 0 Å². The fourth-order valence-electron chi connectivity index (χ4n) is 2.96. The molecule has 0 saturated carbocycles. The molecule has 7 heteroatoms. The van der Waals surface area contributed by atoms with Crippen LogP contribution in [0.1, 0.15) is 31.1 Å². The zero-order chi connectivity index (χ0) is 16.4. The Balaban J connectivity index is 1.73. The molecule has 23 heavy (non-hydrogen) atoms. The van der Waals surface area contributed by atoms with Crippen molar-refractivity contribution in [1.29, 1.82) is 0 Å². The molecule has 122 valence electrons. The smallest absolute Gasteiger partial charge is 0.259 e. The second-order valence-corrected chi connectivity index (χ2v) is 5.64. The van der Waals surface area contributed by atoms with E-state index in [1.807, 2.05) is 0 Å². The van der Waals surface area contributed by atoms with Gasteiger partial charge in [0.25, 0.3) is 17.7 Å². The molecule has 1 aromatic carbocycles. The van der Waals surface area contributed by atoms with Gasteiger partial charge in [-0.05, 0) is 12.1 Å². The van der Waals surface area contributed by atoms with Gasteiger partial charge in [0.1, 0.15) is 0 Å². The van der Waals surface area contributed by atoms with E-state index in [0.717, 1.165) is 19.6 Å². The number of rotatable bonds is 4. The van der Waals surface area contributed by atoms with E-state index in [-0.39, 0.29) is 17.0 Å². The summed E-state index contributed by atoms with van der Waals surface area (Å²) in [6.07, 6.45) is 0. The Morgan fingerprint density at radius 2 is 1.91 bits per heavy atom. The third kappa shape index (κ3) is 2.97. The van der Waals surface area contributed by atoms with E-state index in [1.54, 1.807) is 30.2 Å². The molecule has 1 aromatic rings. The van der Waals surface area contributed by atoms with Crippen molar-refractivity contribution in [2.45, 2.75) is 0 Å². The summed E-state index contributed by atoms with van der Waals surface area (Å²) in [5.41, 5.74) is 0.778. The first-order valence-electron chi connectivity index (χ1n) is 7.61. The molecule has 0 aliphatic carbocycles. The zero-order valence-corrected chi connectivity index (χ0v) is 13.0. The Hall–Kier alpha value is -2.25. The number of carbonyl (C=O) groups excluding carboxylic acids is 3. The maximum atomic E-state index is 12.7. The Labute approximate surface area is 134 Å². The summed E-state index contributed by atoms with van der Waals surface area (Å²) in [4.78, 5) is 40.3. The number of hydrogen-bond donors (Lipinski definition) is 1. The highest BCUT2D eigenvalue weighted by molar-refractivity contribution is 6.25. The highest BCUT2D eigenvalue weighted by atomic mass is 16.5. The number of nitrogens with one attached hydrogen (secondary N) is 1. The van der Waals surface area contributed by atoms with E-state index in [2.05, 4.69) is 10.2 Å². The summed E-state index contributed by atoms with van der Waals surface area (Å²) >= 11 is 0. The molecule has 2 aliphatic heterocycles. The van der Waals surface area contributed by atoms with Gasteiger partial charge in [0, 0.05) is 39.8 Å². The number of carbonyl (C=O) groups is 3. The molecule has 7 nitrogen and oxygen atoms in total. The molecule has 3 rings (SSSR count). The molecule has 2 heterocycles. The van der Waals surface area contributed by atoms with Crippen molar-refractivity contribution in [1.82, 2.24) is 15.1 Å². The fraction of sp³-hybridized carbons (Fsp3) is 0.438. The first kappa shape index (κ1) is 15.6. The average Bonchev–Trinajstić information content (AvgIpc) is 2.87. The summed E-state index contributed by atoms with van der Waals surface area (Å²) in [6, 6.07) is 4.81. The molecule has 1 fully saturated rings. The summed E-state index contributed by atoms with van der Waals surface area (Å²) in [7, 11) is 1.67. The minimum atomic E-state index is -0.493. The summed E-state index contributed by atoms with van der Waals surface area (Å²) in [5, 5.41) is 2.24. The second kappa shape index (κ2) is 6.47. The van der Waals surface area contributed by atoms with Gasteiger partial charge in [0.05, 0.1) is 23.3 Å². The molecule has 0 atom stereocenters. The van der Waals surface area contributed by atoms with Crippen LogP contribution in [0.5, 0.6) is 0 Å². The Bertz CT molecular complexity index is 651. The second-order valence-electron chi connectivity index (χ2n) is 5.64. The Kier molecular flexibility index (Phi) is 4.40. The molecule has 3 amide bonds. The highest BCUT2D eigenvalue weighted by Gasteiger charge is 2.33. The van der Waals surface area contributed by atoms with Crippen LogP contribution >= 0.6 is 0 Å². The fourth-order valence-corrected chi connectivity index (χ4v) is 2.96. The minimum Gasteiger partial charge on any atom is -0.383 e. The molecule has 0 radical (unpaired) electrons. The lowest BCUT2D eigenvalue weighted by Gasteiger charge is -2.34. The molecular formula is C16H19N3O4. The SMILES string of the molecule is COCCN1CCN(C(=O)c2cccc3c2C(=O)NC3=O)CC1. The van der Waals surface area contributed by atoms with Crippen LogP contribution < -0.4 is 5.32 Å². The zero-order valence-electron chi connectivity index (χ0n) is 13.0. The van der Waals surface area contributed by atoms with Gasteiger partial charge >= 0.3 is 0 Å². The molecule has 0 bridgehead atoms. The van der Waals surface area contributed by atoms with Crippen molar-refractivity contribution in [3.05, 3.63) is 34.9 Å². The Morgan fingerprint density at radius 3 is 2.61 bits per heavy atom. The topological polar surface area (TPSA) is 79.0 Å². The van der Waals surface area contributed by atoms with Gasteiger partial charge in [-0.25, -0.2) is 0 Å². The largest absolute Gasteiger partial charge is 0.383 e. The first-order chi connectivity index (χ1) is 11.1. The van der Waals surface area contributed by atoms with Gasteiger partial charge < -0.3 is 9.64 Å². The van der Waals surface area contributed by atoms with Crippen LogP contribution in [-0.4, -0.2) is 74.0 Å². The van der Waals surface area contributed by atoms with Crippen LogP contribution in [0, 0.1) is 0 Å². The summed E-state index contributed by atoms with van der Waals surface area (Å²) in [5.74, 6) is -1.13. The summed E-state index contributed by atoms with van der Waals surface area (Å²) in [6.45, 7) is 4.26. The van der Waals surface area contributed by atoms with Crippen molar-refractivity contribution in [2.75, 3.05) is 46.4 Å². The van der Waals surface area contributed by atoms with Gasteiger partial charge in [-0.15, -0.1) is 0 Å². The minimum absolute atomic E-state index is 0.196. The summed E-state index contributed by atoms with van der Waals surface area (Å²) < 4.78 is 5.06. The lowest BCUT2D eigenvalue weighted by Crippen LogP contribution is -2.49. The normalized spacial score (nSPS) is 18.0. The van der Waals surface area contributed by atoms with Crippen LogP contribution in [-0.2, 0) is 4.74 Å². The van der Waals surface area contributed by atoms with Crippen LogP contribution in [0.25, 0.3) is 0 Å². The number of nitrogens with zero attached hydrogens (tertiary/aromatic N) is 2. The van der Waals surface area contributed by atoms with Crippen LogP contribution in [0.3, 0.4) is 0 Å². The third-order valence-electron chi connectivity index (χ3n) is 4.26. The predicted octanol–water partition coefficient (Wildman–Crippen LogP) is -0.0256. The van der Waals surface area contributed by atoms with Crippen molar-refractivity contribution in [3.8, 4) is 0 Å². The maximum absolute atomic E-state index is 12.7. The van der Waals surface area contributed by atoms with Crippen LogP contribution in [0.2, 0.25) is 0 Å². The quantitative estimate of drug-likeness (QED) is 0.789. The molecule has 1 saturated heterocycles. The van der Waals surface area contributed by atoms with E-state index in [9.17, 15) is 14.4 Å². The number of imide groups is 1. The number of benzene rings is 1. The van der Waals surface area contributed by atoms with E-state index in [1.165, 1.54) is 0 Å². The number of fused-ring (bicyclic) bond motifs is 1. The third-order valence-corrected chi connectivity index (χ3v) is 4.26. The van der Waals surface area contributed by atoms with E-state index in [0.29, 0.717) is 25.3 Å².